The van der Waals surface area contributed by atoms with Crippen molar-refractivity contribution in [3.63, 3.8) is 0 Å². The molecule has 0 aliphatic carbocycles. The van der Waals surface area contributed by atoms with Crippen molar-refractivity contribution in [2.45, 2.75) is 19.9 Å². The molecule has 104 valence electrons. The first-order valence-corrected chi connectivity index (χ1v) is 7.22. The first kappa shape index (κ1) is 13.0. The Labute approximate surface area is 120 Å². The Morgan fingerprint density at radius 1 is 1.25 bits per heavy atom. The van der Waals surface area contributed by atoms with Crippen LogP contribution in [0.2, 0.25) is 0 Å². The van der Waals surface area contributed by atoms with Gasteiger partial charge in [0.15, 0.2) is 0 Å². The van der Waals surface area contributed by atoms with Crippen LogP contribution in [0.1, 0.15) is 18.1 Å². The fourth-order valence-corrected chi connectivity index (χ4v) is 2.94. The molecule has 1 aliphatic heterocycles. The highest BCUT2D eigenvalue weighted by atomic mass is 15.1. The van der Waals surface area contributed by atoms with Crippen LogP contribution in [0.15, 0.2) is 42.6 Å². The molecule has 2 aromatic rings. The van der Waals surface area contributed by atoms with Crippen LogP contribution in [0.5, 0.6) is 0 Å². The molecule has 1 aromatic heterocycles. The summed E-state index contributed by atoms with van der Waals surface area (Å²) in [5.74, 6) is 1.62. The van der Waals surface area contributed by atoms with Crippen molar-refractivity contribution in [1.29, 1.82) is 0 Å². The summed E-state index contributed by atoms with van der Waals surface area (Å²) in [6.07, 6.45) is 3.15. The predicted octanol–water partition coefficient (Wildman–Crippen LogP) is 3.32. The molecule has 0 saturated heterocycles. The quantitative estimate of drug-likeness (QED) is 0.924. The fraction of sp³-hybridized carbons (Fsp3) is 0.353. The second-order valence-electron chi connectivity index (χ2n) is 5.62. The largest absolute Gasteiger partial charge is 0.373 e. The Hall–Kier alpha value is -2.03. The summed E-state index contributed by atoms with van der Waals surface area (Å²) in [6, 6.07) is 12.9. The van der Waals surface area contributed by atoms with E-state index in [0.717, 1.165) is 18.9 Å². The summed E-state index contributed by atoms with van der Waals surface area (Å²) < 4.78 is 0. The van der Waals surface area contributed by atoms with Gasteiger partial charge < -0.3 is 10.2 Å². The zero-order valence-electron chi connectivity index (χ0n) is 12.1. The summed E-state index contributed by atoms with van der Waals surface area (Å²) >= 11 is 0. The molecule has 0 saturated carbocycles. The lowest BCUT2D eigenvalue weighted by Crippen LogP contribution is -2.33. The number of pyridine rings is 1. The SMILES string of the molecule is CNc1ccc(CN2CC(C)Cc3ccccc32)cn1. The molecule has 1 aromatic carbocycles. The number of benzene rings is 1. The van der Waals surface area contributed by atoms with Crippen LogP contribution in [0, 0.1) is 5.92 Å². The molecule has 3 heteroatoms. The molecule has 1 unspecified atom stereocenters. The highest BCUT2D eigenvalue weighted by Crippen LogP contribution is 2.30. The third kappa shape index (κ3) is 2.62. The van der Waals surface area contributed by atoms with Crippen molar-refractivity contribution in [2.24, 2.45) is 5.92 Å². The van der Waals surface area contributed by atoms with Crippen LogP contribution in [-0.2, 0) is 13.0 Å². The van der Waals surface area contributed by atoms with Gasteiger partial charge >= 0.3 is 0 Å². The first-order valence-electron chi connectivity index (χ1n) is 7.22. The predicted molar refractivity (Wildman–Crippen MR) is 84.1 cm³/mol. The molecule has 1 N–H and O–H groups in total. The fourth-order valence-electron chi connectivity index (χ4n) is 2.94. The maximum atomic E-state index is 4.40. The lowest BCUT2D eigenvalue weighted by Gasteiger charge is -2.34. The highest BCUT2D eigenvalue weighted by molar-refractivity contribution is 5.56. The van der Waals surface area contributed by atoms with Gasteiger partial charge in [0.05, 0.1) is 0 Å². The van der Waals surface area contributed by atoms with Gasteiger partial charge in [-0.05, 0) is 35.6 Å². The molecule has 0 fully saturated rings. The van der Waals surface area contributed by atoms with E-state index < -0.39 is 0 Å². The van der Waals surface area contributed by atoms with Gasteiger partial charge in [0.1, 0.15) is 5.82 Å². The van der Waals surface area contributed by atoms with Gasteiger partial charge in [0, 0.05) is 32.0 Å². The molecule has 2 heterocycles. The number of rotatable bonds is 3. The number of hydrogen-bond acceptors (Lipinski definition) is 3. The number of anilines is 2. The molecule has 0 spiro atoms. The smallest absolute Gasteiger partial charge is 0.125 e. The second kappa shape index (κ2) is 5.53. The Morgan fingerprint density at radius 2 is 2.10 bits per heavy atom. The van der Waals surface area contributed by atoms with E-state index in [9.17, 15) is 0 Å². The molecule has 3 rings (SSSR count). The zero-order valence-corrected chi connectivity index (χ0v) is 12.1. The summed E-state index contributed by atoms with van der Waals surface area (Å²) in [4.78, 5) is 6.87. The van der Waals surface area contributed by atoms with E-state index in [1.165, 1.54) is 23.2 Å². The lowest BCUT2D eigenvalue weighted by atomic mass is 9.93. The van der Waals surface area contributed by atoms with Crippen LogP contribution in [-0.4, -0.2) is 18.6 Å². The number of nitrogens with one attached hydrogen (secondary N) is 1. The molecule has 1 atom stereocenters. The van der Waals surface area contributed by atoms with Gasteiger partial charge in [-0.25, -0.2) is 4.98 Å². The lowest BCUT2D eigenvalue weighted by molar-refractivity contribution is 0.530. The average Bonchev–Trinajstić information content (AvgIpc) is 2.48. The van der Waals surface area contributed by atoms with E-state index >= 15 is 0 Å². The number of aromatic nitrogens is 1. The van der Waals surface area contributed by atoms with Gasteiger partial charge in [-0.15, -0.1) is 0 Å². The minimum atomic E-state index is 0.703. The Kier molecular flexibility index (Phi) is 3.59. The molecule has 3 nitrogen and oxygen atoms in total. The summed E-state index contributed by atoms with van der Waals surface area (Å²) in [6.45, 7) is 4.37. The maximum absolute atomic E-state index is 4.40. The number of nitrogens with zero attached hydrogens (tertiary/aromatic N) is 2. The Balaban J connectivity index is 1.83. The van der Waals surface area contributed by atoms with Crippen LogP contribution < -0.4 is 10.2 Å². The minimum Gasteiger partial charge on any atom is -0.373 e. The molecule has 0 radical (unpaired) electrons. The zero-order chi connectivity index (χ0) is 13.9. The van der Waals surface area contributed by atoms with Crippen molar-refractivity contribution in [1.82, 2.24) is 4.98 Å². The van der Waals surface area contributed by atoms with Gasteiger partial charge in [0.2, 0.25) is 0 Å². The number of fused-ring (bicyclic) bond motifs is 1. The van der Waals surface area contributed by atoms with Crippen LogP contribution in [0.25, 0.3) is 0 Å². The normalized spacial score (nSPS) is 17.7. The van der Waals surface area contributed by atoms with Gasteiger partial charge in [-0.1, -0.05) is 31.2 Å². The van der Waals surface area contributed by atoms with Crippen LogP contribution >= 0.6 is 0 Å². The highest BCUT2D eigenvalue weighted by Gasteiger charge is 2.21. The van der Waals surface area contributed by atoms with E-state index in [4.69, 9.17) is 0 Å². The van der Waals surface area contributed by atoms with E-state index in [2.05, 4.69) is 52.5 Å². The monoisotopic (exact) mass is 267 g/mol. The standard InChI is InChI=1S/C17H21N3/c1-13-9-15-5-3-4-6-16(15)20(11-13)12-14-7-8-17(18-2)19-10-14/h3-8,10,13H,9,11-12H2,1-2H3,(H,18,19). The topological polar surface area (TPSA) is 28.2 Å². The third-order valence-corrected chi connectivity index (χ3v) is 3.89. The van der Waals surface area contributed by atoms with E-state index in [1.54, 1.807) is 0 Å². The number of para-hydroxylation sites is 1. The summed E-state index contributed by atoms with van der Waals surface area (Å²) in [5.41, 5.74) is 4.10. The molecular weight excluding hydrogens is 246 g/mol. The van der Waals surface area contributed by atoms with Gasteiger partial charge in [-0.2, -0.15) is 0 Å². The van der Waals surface area contributed by atoms with Crippen molar-refractivity contribution in [2.75, 3.05) is 23.8 Å². The molecule has 1 aliphatic rings. The van der Waals surface area contributed by atoms with E-state index in [0.29, 0.717) is 5.92 Å². The Morgan fingerprint density at radius 3 is 2.85 bits per heavy atom. The van der Waals surface area contributed by atoms with Crippen molar-refractivity contribution in [3.05, 3.63) is 53.7 Å². The molecule has 20 heavy (non-hydrogen) atoms. The van der Waals surface area contributed by atoms with Crippen LogP contribution in [0.4, 0.5) is 11.5 Å². The van der Waals surface area contributed by atoms with Crippen molar-refractivity contribution < 1.29 is 0 Å². The summed E-state index contributed by atoms with van der Waals surface area (Å²) in [5, 5.41) is 3.06. The van der Waals surface area contributed by atoms with Gasteiger partial charge in [-0.3, -0.25) is 0 Å². The molecule has 0 bridgehead atoms. The molecular formula is C17H21N3. The van der Waals surface area contributed by atoms with Gasteiger partial charge in [0.25, 0.3) is 0 Å². The third-order valence-electron chi connectivity index (χ3n) is 3.89. The first-order chi connectivity index (χ1) is 9.76. The number of hydrogen-bond donors (Lipinski definition) is 1. The summed E-state index contributed by atoms with van der Waals surface area (Å²) in [7, 11) is 1.89. The van der Waals surface area contributed by atoms with E-state index in [-0.39, 0.29) is 0 Å². The second-order valence-corrected chi connectivity index (χ2v) is 5.62. The minimum absolute atomic E-state index is 0.703. The van der Waals surface area contributed by atoms with Crippen molar-refractivity contribution in [3.8, 4) is 0 Å². The maximum Gasteiger partial charge on any atom is 0.125 e. The van der Waals surface area contributed by atoms with Crippen LogP contribution in [0.3, 0.4) is 0 Å². The average molecular weight is 267 g/mol. The Bertz CT molecular complexity index is 577. The van der Waals surface area contributed by atoms with Crippen molar-refractivity contribution >= 4 is 11.5 Å². The van der Waals surface area contributed by atoms with E-state index in [1.807, 2.05) is 19.3 Å². The molecule has 0 amide bonds.